The molecule has 0 amide bonds. The number of para-hydroxylation sites is 1. The molecule has 0 aliphatic heterocycles. The molecule has 0 spiro atoms. The second kappa shape index (κ2) is 7.47. The van der Waals surface area contributed by atoms with E-state index in [2.05, 4.69) is 15.2 Å². The van der Waals surface area contributed by atoms with Gasteiger partial charge in [0, 0.05) is 11.5 Å². The normalized spacial score (nSPS) is 11.5. The van der Waals surface area contributed by atoms with Crippen molar-refractivity contribution in [3.63, 3.8) is 0 Å². The van der Waals surface area contributed by atoms with Crippen LogP contribution in [-0.2, 0) is 6.42 Å². The molecule has 2 aromatic carbocycles. The van der Waals surface area contributed by atoms with E-state index in [1.807, 2.05) is 24.3 Å². The molecule has 0 aliphatic carbocycles. The third-order valence-corrected chi connectivity index (χ3v) is 4.50. The van der Waals surface area contributed by atoms with Gasteiger partial charge in [-0.2, -0.15) is 0 Å². The standard InChI is InChI=1S/C20H12Cl2FN3O/c21-16-11-15(23)7-4-12(16)6-9-18-25-26-19(27-18)10-14-3-1-2-13-5-8-17(22)24-20(13)14/h1-9,11H,10H2/b9-6+. The topological polar surface area (TPSA) is 51.8 Å². The van der Waals surface area contributed by atoms with E-state index in [0.29, 0.717) is 33.9 Å². The van der Waals surface area contributed by atoms with Crippen molar-refractivity contribution in [2.24, 2.45) is 0 Å². The van der Waals surface area contributed by atoms with Gasteiger partial charge >= 0.3 is 0 Å². The number of rotatable bonds is 4. The molecule has 4 nitrogen and oxygen atoms in total. The summed E-state index contributed by atoms with van der Waals surface area (Å²) in [6.07, 6.45) is 3.76. The number of benzene rings is 2. The summed E-state index contributed by atoms with van der Waals surface area (Å²) in [4.78, 5) is 4.39. The van der Waals surface area contributed by atoms with Gasteiger partial charge in [-0.05, 0) is 41.5 Å². The third kappa shape index (κ3) is 3.99. The minimum atomic E-state index is -0.388. The van der Waals surface area contributed by atoms with Crippen LogP contribution in [0.3, 0.4) is 0 Å². The Balaban J connectivity index is 1.57. The second-order valence-electron chi connectivity index (χ2n) is 5.83. The van der Waals surface area contributed by atoms with Crippen LogP contribution in [0.15, 0.2) is 52.9 Å². The van der Waals surface area contributed by atoms with Crippen molar-refractivity contribution in [2.45, 2.75) is 6.42 Å². The highest BCUT2D eigenvalue weighted by Crippen LogP contribution is 2.22. The Morgan fingerprint density at radius 1 is 1.00 bits per heavy atom. The van der Waals surface area contributed by atoms with Gasteiger partial charge in [0.15, 0.2) is 0 Å². The van der Waals surface area contributed by atoms with Gasteiger partial charge in [0.25, 0.3) is 0 Å². The highest BCUT2D eigenvalue weighted by Gasteiger charge is 2.09. The zero-order valence-corrected chi connectivity index (χ0v) is 15.4. The number of pyridine rings is 1. The minimum absolute atomic E-state index is 0.310. The highest BCUT2D eigenvalue weighted by atomic mass is 35.5. The molecule has 0 N–H and O–H groups in total. The second-order valence-corrected chi connectivity index (χ2v) is 6.63. The van der Waals surface area contributed by atoms with Gasteiger partial charge in [-0.3, -0.25) is 0 Å². The van der Waals surface area contributed by atoms with Crippen molar-refractivity contribution in [3.05, 3.63) is 87.4 Å². The lowest BCUT2D eigenvalue weighted by Gasteiger charge is -2.03. The van der Waals surface area contributed by atoms with E-state index < -0.39 is 0 Å². The molecule has 0 atom stereocenters. The van der Waals surface area contributed by atoms with Crippen LogP contribution in [0.4, 0.5) is 4.39 Å². The molecule has 0 unspecified atom stereocenters. The lowest BCUT2D eigenvalue weighted by atomic mass is 10.1. The summed E-state index contributed by atoms with van der Waals surface area (Å²) < 4.78 is 18.8. The fraction of sp³-hybridized carbons (Fsp3) is 0.0500. The summed E-state index contributed by atoms with van der Waals surface area (Å²) in [5, 5.41) is 9.80. The van der Waals surface area contributed by atoms with Crippen molar-refractivity contribution in [1.29, 1.82) is 0 Å². The van der Waals surface area contributed by atoms with E-state index in [0.717, 1.165) is 16.5 Å². The van der Waals surface area contributed by atoms with Crippen molar-refractivity contribution in [2.75, 3.05) is 0 Å². The Hall–Kier alpha value is -2.76. The molecule has 27 heavy (non-hydrogen) atoms. The summed E-state index contributed by atoms with van der Waals surface area (Å²) >= 11 is 12.0. The van der Waals surface area contributed by atoms with Crippen molar-refractivity contribution >= 4 is 46.3 Å². The number of halogens is 3. The van der Waals surface area contributed by atoms with E-state index in [1.54, 1.807) is 24.3 Å². The molecule has 0 fully saturated rings. The molecule has 134 valence electrons. The fourth-order valence-electron chi connectivity index (χ4n) is 2.69. The highest BCUT2D eigenvalue weighted by molar-refractivity contribution is 6.32. The van der Waals surface area contributed by atoms with Crippen LogP contribution in [-0.4, -0.2) is 15.2 Å². The van der Waals surface area contributed by atoms with Crippen LogP contribution < -0.4 is 0 Å². The average Bonchev–Trinajstić information content (AvgIpc) is 3.09. The molecule has 0 saturated carbocycles. The first-order valence-electron chi connectivity index (χ1n) is 8.08. The first-order chi connectivity index (χ1) is 13.1. The third-order valence-electron chi connectivity index (χ3n) is 3.96. The van der Waals surface area contributed by atoms with E-state index >= 15 is 0 Å². The first kappa shape index (κ1) is 17.6. The molecule has 2 aromatic heterocycles. The number of aromatic nitrogens is 3. The predicted octanol–water partition coefficient (Wildman–Crippen LogP) is 5.82. The molecule has 0 bridgehead atoms. The zero-order chi connectivity index (χ0) is 18.8. The number of nitrogens with zero attached hydrogens (tertiary/aromatic N) is 3. The van der Waals surface area contributed by atoms with E-state index in [4.69, 9.17) is 27.6 Å². The lowest BCUT2D eigenvalue weighted by Crippen LogP contribution is -1.92. The smallest absolute Gasteiger partial charge is 0.240 e. The van der Waals surface area contributed by atoms with Gasteiger partial charge in [-0.25, -0.2) is 9.37 Å². The monoisotopic (exact) mass is 399 g/mol. The Morgan fingerprint density at radius 2 is 1.89 bits per heavy atom. The Kier molecular flexibility index (Phi) is 4.88. The average molecular weight is 400 g/mol. The predicted molar refractivity (Wildman–Crippen MR) is 104 cm³/mol. The summed E-state index contributed by atoms with van der Waals surface area (Å²) in [6, 6.07) is 13.7. The largest absolute Gasteiger partial charge is 0.421 e. The number of fused-ring (bicyclic) bond motifs is 1. The molecule has 4 aromatic rings. The van der Waals surface area contributed by atoms with Crippen molar-refractivity contribution in [3.8, 4) is 0 Å². The summed E-state index contributed by atoms with van der Waals surface area (Å²) in [7, 11) is 0. The molecule has 0 aliphatic rings. The van der Waals surface area contributed by atoms with Gasteiger partial charge in [0.1, 0.15) is 11.0 Å². The molecule has 0 saturated heterocycles. The first-order valence-corrected chi connectivity index (χ1v) is 8.84. The zero-order valence-electron chi connectivity index (χ0n) is 13.9. The maximum atomic E-state index is 13.1. The van der Waals surface area contributed by atoms with E-state index in [-0.39, 0.29) is 5.82 Å². The van der Waals surface area contributed by atoms with Crippen LogP contribution >= 0.6 is 23.2 Å². The van der Waals surface area contributed by atoms with Gasteiger partial charge in [0.05, 0.1) is 17.0 Å². The Labute approximate surface area is 164 Å². The van der Waals surface area contributed by atoms with Crippen LogP contribution in [0.2, 0.25) is 10.2 Å². The van der Waals surface area contributed by atoms with Gasteiger partial charge in [-0.15, -0.1) is 10.2 Å². The molecule has 2 heterocycles. The van der Waals surface area contributed by atoms with E-state index in [1.165, 1.54) is 12.1 Å². The van der Waals surface area contributed by atoms with Crippen molar-refractivity contribution < 1.29 is 8.81 Å². The maximum Gasteiger partial charge on any atom is 0.240 e. The molecule has 0 radical (unpaired) electrons. The van der Waals surface area contributed by atoms with Gasteiger partial charge in [-0.1, -0.05) is 47.5 Å². The van der Waals surface area contributed by atoms with Crippen LogP contribution in [0.5, 0.6) is 0 Å². The molecular weight excluding hydrogens is 388 g/mol. The minimum Gasteiger partial charge on any atom is -0.421 e. The summed E-state index contributed by atoms with van der Waals surface area (Å²) in [6.45, 7) is 0. The van der Waals surface area contributed by atoms with Crippen LogP contribution in [0.25, 0.3) is 23.1 Å². The van der Waals surface area contributed by atoms with Crippen LogP contribution in [0, 0.1) is 5.82 Å². The lowest BCUT2D eigenvalue weighted by molar-refractivity contribution is 0.497. The maximum absolute atomic E-state index is 13.1. The van der Waals surface area contributed by atoms with Gasteiger partial charge < -0.3 is 4.42 Å². The fourth-order valence-corrected chi connectivity index (χ4v) is 3.07. The number of hydrogen-bond acceptors (Lipinski definition) is 4. The molecular formula is C20H12Cl2FN3O. The summed E-state index contributed by atoms with van der Waals surface area (Å²) in [5.41, 5.74) is 2.40. The Bertz CT molecular complexity index is 1160. The van der Waals surface area contributed by atoms with E-state index in [9.17, 15) is 4.39 Å². The van der Waals surface area contributed by atoms with Crippen LogP contribution in [0.1, 0.15) is 22.9 Å². The molecule has 4 rings (SSSR count). The van der Waals surface area contributed by atoms with Gasteiger partial charge in [0.2, 0.25) is 11.8 Å². The molecule has 7 heteroatoms. The number of hydrogen-bond donors (Lipinski definition) is 0. The quantitative estimate of drug-likeness (QED) is 0.405. The summed E-state index contributed by atoms with van der Waals surface area (Å²) in [5.74, 6) is 0.395. The van der Waals surface area contributed by atoms with Crippen molar-refractivity contribution in [1.82, 2.24) is 15.2 Å². The SMILES string of the molecule is Fc1ccc(/C=C/c2nnc(Cc3cccc4ccc(Cl)nc34)o2)c(Cl)c1. The Morgan fingerprint density at radius 3 is 2.74 bits per heavy atom.